The van der Waals surface area contributed by atoms with Crippen LogP contribution in [0.5, 0.6) is 0 Å². The van der Waals surface area contributed by atoms with Crippen molar-refractivity contribution in [1.29, 1.82) is 0 Å². The molecule has 0 saturated carbocycles. The molecule has 0 atom stereocenters. The molecule has 3 N–H and O–H groups in total. The lowest BCUT2D eigenvalue weighted by Crippen LogP contribution is -2.18. The molecule has 1 aliphatic rings. The summed E-state index contributed by atoms with van der Waals surface area (Å²) >= 11 is 3.39. The zero-order valence-electron chi connectivity index (χ0n) is 7.51. The number of fused-ring (bicyclic) bond motifs is 1. The molecule has 2 rings (SSSR count). The molecular formula is C9H10BrN3O. The standard InChI is InChI=1S/C9H10BrN3O/c10-5-4-7(9(11)14)13-6-2-1-3-12-8(5)6/h4,12H,1-3H2,(H2,11,14). The number of anilines is 1. The highest BCUT2D eigenvalue weighted by atomic mass is 79.9. The number of nitrogens with one attached hydrogen (secondary N) is 1. The van der Waals surface area contributed by atoms with Crippen molar-refractivity contribution in [3.63, 3.8) is 0 Å². The van der Waals surface area contributed by atoms with Crippen LogP contribution in [0.1, 0.15) is 22.6 Å². The molecule has 0 unspecified atom stereocenters. The van der Waals surface area contributed by atoms with Gasteiger partial charge in [0.25, 0.3) is 5.91 Å². The summed E-state index contributed by atoms with van der Waals surface area (Å²) in [5.74, 6) is -0.487. The van der Waals surface area contributed by atoms with Gasteiger partial charge in [0.2, 0.25) is 0 Å². The number of aryl methyl sites for hydroxylation is 1. The molecule has 1 aromatic rings. The first-order valence-corrected chi connectivity index (χ1v) is 5.21. The molecular weight excluding hydrogens is 246 g/mol. The predicted molar refractivity (Wildman–Crippen MR) is 57.3 cm³/mol. The van der Waals surface area contributed by atoms with Crippen molar-refractivity contribution < 1.29 is 4.79 Å². The molecule has 0 fully saturated rings. The quantitative estimate of drug-likeness (QED) is 0.795. The minimum absolute atomic E-state index is 0.319. The molecule has 0 saturated heterocycles. The Morgan fingerprint density at radius 1 is 1.64 bits per heavy atom. The average Bonchev–Trinajstić information content (AvgIpc) is 2.17. The molecule has 2 heterocycles. The summed E-state index contributed by atoms with van der Waals surface area (Å²) in [6.07, 6.45) is 1.93. The Morgan fingerprint density at radius 2 is 2.43 bits per heavy atom. The number of carbonyl (C=O) groups excluding carboxylic acids is 1. The van der Waals surface area contributed by atoms with E-state index in [-0.39, 0.29) is 0 Å². The van der Waals surface area contributed by atoms with Crippen LogP contribution >= 0.6 is 15.9 Å². The number of pyridine rings is 1. The van der Waals surface area contributed by atoms with Crippen LogP contribution in [0.4, 0.5) is 5.69 Å². The van der Waals surface area contributed by atoms with Gasteiger partial charge < -0.3 is 11.1 Å². The highest BCUT2D eigenvalue weighted by Crippen LogP contribution is 2.29. The summed E-state index contributed by atoms with van der Waals surface area (Å²) in [4.78, 5) is 15.2. The lowest BCUT2D eigenvalue weighted by molar-refractivity contribution is 0.0995. The van der Waals surface area contributed by atoms with Gasteiger partial charge in [-0.25, -0.2) is 4.98 Å². The summed E-state index contributed by atoms with van der Waals surface area (Å²) in [5.41, 5.74) is 7.40. The van der Waals surface area contributed by atoms with Crippen LogP contribution in [0, 0.1) is 0 Å². The third-order valence-electron chi connectivity index (χ3n) is 2.19. The SMILES string of the molecule is NC(=O)c1cc(Br)c2c(n1)CCCN2. The molecule has 0 radical (unpaired) electrons. The number of carbonyl (C=O) groups is 1. The van der Waals surface area contributed by atoms with Crippen molar-refractivity contribution in [1.82, 2.24) is 4.98 Å². The first-order chi connectivity index (χ1) is 6.68. The van der Waals surface area contributed by atoms with E-state index >= 15 is 0 Å². The van der Waals surface area contributed by atoms with Gasteiger partial charge in [-0.3, -0.25) is 4.79 Å². The van der Waals surface area contributed by atoms with Crippen molar-refractivity contribution in [2.45, 2.75) is 12.8 Å². The van der Waals surface area contributed by atoms with Crippen LogP contribution in [0.3, 0.4) is 0 Å². The number of aromatic nitrogens is 1. The Bertz CT molecular complexity index is 392. The lowest BCUT2D eigenvalue weighted by atomic mass is 10.1. The van der Waals surface area contributed by atoms with E-state index in [1.54, 1.807) is 6.07 Å². The third-order valence-corrected chi connectivity index (χ3v) is 2.82. The van der Waals surface area contributed by atoms with Gasteiger partial charge in [0.05, 0.1) is 11.4 Å². The molecule has 4 nitrogen and oxygen atoms in total. The Kier molecular flexibility index (Phi) is 2.41. The molecule has 14 heavy (non-hydrogen) atoms. The largest absolute Gasteiger partial charge is 0.383 e. The predicted octanol–water partition coefficient (Wildman–Crippen LogP) is 1.30. The minimum Gasteiger partial charge on any atom is -0.383 e. The van der Waals surface area contributed by atoms with E-state index in [1.165, 1.54) is 0 Å². The molecule has 0 bridgehead atoms. The third kappa shape index (κ3) is 1.59. The Morgan fingerprint density at radius 3 is 3.14 bits per heavy atom. The summed E-state index contributed by atoms with van der Waals surface area (Å²) in [6, 6.07) is 1.65. The van der Waals surface area contributed by atoms with Crippen LogP contribution < -0.4 is 11.1 Å². The number of hydrogen-bond donors (Lipinski definition) is 2. The Balaban J connectivity index is 2.51. The smallest absolute Gasteiger partial charge is 0.267 e. The maximum absolute atomic E-state index is 11.0. The number of hydrogen-bond acceptors (Lipinski definition) is 3. The first kappa shape index (κ1) is 9.45. The molecule has 1 aromatic heterocycles. The zero-order valence-corrected chi connectivity index (χ0v) is 9.10. The molecule has 0 spiro atoms. The second-order valence-electron chi connectivity index (χ2n) is 3.21. The van der Waals surface area contributed by atoms with Crippen molar-refractivity contribution >= 4 is 27.5 Å². The van der Waals surface area contributed by atoms with Gasteiger partial charge in [0.15, 0.2) is 0 Å². The topological polar surface area (TPSA) is 68.0 Å². The monoisotopic (exact) mass is 255 g/mol. The Hall–Kier alpha value is -1.10. The molecule has 5 heteroatoms. The summed E-state index contributed by atoms with van der Waals surface area (Å²) in [5, 5.41) is 3.24. The van der Waals surface area contributed by atoms with Crippen molar-refractivity contribution in [2.75, 3.05) is 11.9 Å². The maximum atomic E-state index is 11.0. The molecule has 1 aliphatic heterocycles. The van der Waals surface area contributed by atoms with Crippen molar-refractivity contribution in [3.05, 3.63) is 21.9 Å². The highest BCUT2D eigenvalue weighted by Gasteiger charge is 2.16. The fourth-order valence-corrected chi connectivity index (χ4v) is 2.11. The van der Waals surface area contributed by atoms with E-state index in [0.29, 0.717) is 5.69 Å². The second-order valence-corrected chi connectivity index (χ2v) is 4.06. The van der Waals surface area contributed by atoms with Gasteiger partial charge in [-0.15, -0.1) is 0 Å². The number of nitrogens with two attached hydrogens (primary N) is 1. The van der Waals surface area contributed by atoms with Crippen molar-refractivity contribution in [3.8, 4) is 0 Å². The molecule has 74 valence electrons. The second kappa shape index (κ2) is 3.57. The number of primary amides is 1. The van der Waals surface area contributed by atoms with E-state index in [2.05, 4.69) is 26.2 Å². The van der Waals surface area contributed by atoms with Crippen LogP contribution in [-0.2, 0) is 6.42 Å². The van der Waals surface area contributed by atoms with E-state index in [1.807, 2.05) is 0 Å². The van der Waals surface area contributed by atoms with Gasteiger partial charge >= 0.3 is 0 Å². The zero-order chi connectivity index (χ0) is 10.1. The lowest BCUT2D eigenvalue weighted by Gasteiger charge is -2.18. The maximum Gasteiger partial charge on any atom is 0.267 e. The number of halogens is 1. The molecule has 0 aromatic carbocycles. The number of amides is 1. The van der Waals surface area contributed by atoms with Gasteiger partial charge in [0.1, 0.15) is 5.69 Å². The average molecular weight is 256 g/mol. The molecule has 1 amide bonds. The van der Waals surface area contributed by atoms with E-state index < -0.39 is 5.91 Å². The number of rotatable bonds is 1. The van der Waals surface area contributed by atoms with Gasteiger partial charge in [0, 0.05) is 11.0 Å². The normalized spacial score (nSPS) is 14.4. The van der Waals surface area contributed by atoms with E-state index in [0.717, 1.165) is 35.2 Å². The van der Waals surface area contributed by atoms with Crippen LogP contribution in [-0.4, -0.2) is 17.4 Å². The Labute approximate surface area is 90.0 Å². The van der Waals surface area contributed by atoms with Gasteiger partial charge in [-0.05, 0) is 34.8 Å². The first-order valence-electron chi connectivity index (χ1n) is 4.41. The highest BCUT2D eigenvalue weighted by molar-refractivity contribution is 9.10. The van der Waals surface area contributed by atoms with Crippen LogP contribution in [0.15, 0.2) is 10.5 Å². The number of nitrogens with zero attached hydrogens (tertiary/aromatic N) is 1. The van der Waals surface area contributed by atoms with Crippen molar-refractivity contribution in [2.24, 2.45) is 5.73 Å². The van der Waals surface area contributed by atoms with E-state index in [4.69, 9.17) is 5.73 Å². The van der Waals surface area contributed by atoms with Crippen LogP contribution in [0.2, 0.25) is 0 Å². The molecule has 0 aliphatic carbocycles. The van der Waals surface area contributed by atoms with Crippen LogP contribution in [0.25, 0.3) is 0 Å². The van der Waals surface area contributed by atoms with E-state index in [9.17, 15) is 4.79 Å². The summed E-state index contributed by atoms with van der Waals surface area (Å²) in [6.45, 7) is 0.948. The minimum atomic E-state index is -0.487. The summed E-state index contributed by atoms with van der Waals surface area (Å²) in [7, 11) is 0. The van der Waals surface area contributed by atoms with Gasteiger partial charge in [-0.2, -0.15) is 0 Å². The fraction of sp³-hybridized carbons (Fsp3) is 0.333. The summed E-state index contributed by atoms with van der Waals surface area (Å²) < 4.78 is 0.857. The fourth-order valence-electron chi connectivity index (χ4n) is 1.53. The van der Waals surface area contributed by atoms with Gasteiger partial charge in [-0.1, -0.05) is 0 Å².